The number of nitrogens with two attached hydrogens (primary N) is 1. The van der Waals surface area contributed by atoms with Gasteiger partial charge in [-0.2, -0.15) is 0 Å². The van der Waals surface area contributed by atoms with E-state index in [0.29, 0.717) is 13.1 Å². The topological polar surface area (TPSA) is 47.3 Å². The summed E-state index contributed by atoms with van der Waals surface area (Å²) < 4.78 is 18.4. The number of ether oxygens (including phenoxy) is 1. The summed E-state index contributed by atoms with van der Waals surface area (Å²) in [5.41, 5.74) is 7.49. The molecule has 0 radical (unpaired) electrons. The van der Waals surface area contributed by atoms with Crippen LogP contribution in [0.1, 0.15) is 18.5 Å². The molecule has 1 aromatic rings. The molecular weight excluding hydrogens is 219 g/mol. The van der Waals surface area contributed by atoms with Gasteiger partial charge in [0.05, 0.1) is 7.11 Å². The molecule has 17 heavy (non-hydrogen) atoms. The first kappa shape index (κ1) is 13.7. The molecule has 0 aromatic heterocycles. The Morgan fingerprint density at radius 1 is 1.59 bits per heavy atom. The minimum atomic E-state index is -0.374. The second-order valence-electron chi connectivity index (χ2n) is 4.02. The third-order valence-corrected chi connectivity index (χ3v) is 2.46. The van der Waals surface area contributed by atoms with Gasteiger partial charge in [-0.15, -0.1) is 0 Å². The highest BCUT2D eigenvalue weighted by Crippen LogP contribution is 2.21. The van der Waals surface area contributed by atoms with Crippen molar-refractivity contribution in [1.82, 2.24) is 5.32 Å². The average Bonchev–Trinajstić information content (AvgIpc) is 2.29. The molecule has 94 valence electrons. The molecule has 0 aliphatic carbocycles. The molecule has 1 atom stereocenters. The molecule has 3 nitrogen and oxygen atoms in total. The summed E-state index contributed by atoms with van der Waals surface area (Å²) in [6.07, 6.45) is 0. The van der Waals surface area contributed by atoms with Crippen LogP contribution in [0, 0.1) is 5.82 Å². The molecule has 0 spiro atoms. The first-order valence-electron chi connectivity index (χ1n) is 5.49. The van der Waals surface area contributed by atoms with Crippen molar-refractivity contribution in [2.75, 3.05) is 20.2 Å². The Kier molecular flexibility index (Phi) is 5.12. The molecule has 0 saturated heterocycles. The van der Waals surface area contributed by atoms with Crippen molar-refractivity contribution in [2.45, 2.75) is 13.0 Å². The lowest BCUT2D eigenvalue weighted by Gasteiger charge is -2.18. The number of nitrogens with one attached hydrogen (secondary N) is 1. The first-order valence-corrected chi connectivity index (χ1v) is 5.49. The quantitative estimate of drug-likeness (QED) is 0.745. The molecule has 1 unspecified atom stereocenters. The van der Waals surface area contributed by atoms with Gasteiger partial charge in [0.2, 0.25) is 0 Å². The van der Waals surface area contributed by atoms with Crippen LogP contribution in [-0.4, -0.2) is 20.2 Å². The third kappa shape index (κ3) is 3.84. The molecule has 4 heteroatoms. The van der Waals surface area contributed by atoms with Gasteiger partial charge in [-0.25, -0.2) is 4.39 Å². The average molecular weight is 238 g/mol. The highest BCUT2D eigenvalue weighted by molar-refractivity contribution is 5.31. The Morgan fingerprint density at radius 3 is 2.76 bits per heavy atom. The summed E-state index contributed by atoms with van der Waals surface area (Å²) in [6, 6.07) is 4.79. The second kappa shape index (κ2) is 6.37. The maximum absolute atomic E-state index is 13.5. The molecular formula is C13H19FN2O. The minimum Gasteiger partial charge on any atom is -0.494 e. The second-order valence-corrected chi connectivity index (χ2v) is 4.02. The number of rotatable bonds is 6. The molecule has 3 N–H and O–H groups in total. The van der Waals surface area contributed by atoms with Gasteiger partial charge in [0.25, 0.3) is 0 Å². The predicted octanol–water partition coefficient (Wildman–Crippen LogP) is 2.00. The number of benzene rings is 1. The summed E-state index contributed by atoms with van der Waals surface area (Å²) in [5.74, 6) is -0.134. The smallest absolute Gasteiger partial charge is 0.165 e. The zero-order valence-corrected chi connectivity index (χ0v) is 10.3. The van der Waals surface area contributed by atoms with Gasteiger partial charge in [0.15, 0.2) is 11.6 Å². The zero-order chi connectivity index (χ0) is 12.8. The lowest BCUT2D eigenvalue weighted by molar-refractivity contribution is 0.385. The van der Waals surface area contributed by atoms with E-state index in [1.165, 1.54) is 13.2 Å². The van der Waals surface area contributed by atoms with Crippen LogP contribution in [0.15, 0.2) is 30.4 Å². The van der Waals surface area contributed by atoms with Crippen LogP contribution in [0.2, 0.25) is 0 Å². The van der Waals surface area contributed by atoms with Crippen LogP contribution in [0.25, 0.3) is 0 Å². The number of halogens is 1. The lowest BCUT2D eigenvalue weighted by atomic mass is 10.1. The van der Waals surface area contributed by atoms with Gasteiger partial charge >= 0.3 is 0 Å². The fraction of sp³-hybridized carbons (Fsp3) is 0.385. The summed E-state index contributed by atoms with van der Waals surface area (Å²) in [5, 5.41) is 3.22. The lowest BCUT2D eigenvalue weighted by Crippen LogP contribution is -2.29. The van der Waals surface area contributed by atoms with Gasteiger partial charge in [-0.05, 0) is 24.6 Å². The van der Waals surface area contributed by atoms with E-state index in [2.05, 4.69) is 11.9 Å². The molecule has 0 aliphatic heterocycles. The van der Waals surface area contributed by atoms with Gasteiger partial charge < -0.3 is 15.8 Å². The first-order chi connectivity index (χ1) is 8.08. The molecule has 0 bridgehead atoms. The molecule has 0 heterocycles. The van der Waals surface area contributed by atoms with Crippen LogP contribution in [-0.2, 0) is 0 Å². The highest BCUT2D eigenvalue weighted by atomic mass is 19.1. The van der Waals surface area contributed by atoms with Crippen LogP contribution in [0.5, 0.6) is 5.75 Å². The van der Waals surface area contributed by atoms with Crippen molar-refractivity contribution in [3.8, 4) is 5.75 Å². The summed E-state index contributed by atoms with van der Waals surface area (Å²) in [4.78, 5) is 0. The standard InChI is InChI=1S/C13H19FN2O/c1-9(2)8-16-12(7-15)10-4-5-13(17-3)11(14)6-10/h4-6,12,16H,1,7-8,15H2,2-3H3. The van der Waals surface area contributed by atoms with E-state index >= 15 is 0 Å². The Hall–Kier alpha value is -1.39. The summed E-state index contributed by atoms with van der Waals surface area (Å²) >= 11 is 0. The summed E-state index contributed by atoms with van der Waals surface area (Å²) in [7, 11) is 1.44. The van der Waals surface area contributed by atoms with Crippen LogP contribution in [0.3, 0.4) is 0 Å². The Morgan fingerprint density at radius 2 is 2.29 bits per heavy atom. The molecule has 0 amide bonds. The van der Waals surface area contributed by atoms with E-state index in [1.807, 2.05) is 13.0 Å². The van der Waals surface area contributed by atoms with Gasteiger partial charge in [-0.3, -0.25) is 0 Å². The summed E-state index contributed by atoms with van der Waals surface area (Å²) in [6.45, 7) is 6.79. The predicted molar refractivity (Wildman–Crippen MR) is 67.6 cm³/mol. The van der Waals surface area contributed by atoms with Crippen LogP contribution >= 0.6 is 0 Å². The number of methoxy groups -OCH3 is 1. The monoisotopic (exact) mass is 238 g/mol. The minimum absolute atomic E-state index is 0.0768. The molecule has 1 aromatic carbocycles. The molecule has 0 fully saturated rings. The fourth-order valence-electron chi connectivity index (χ4n) is 1.53. The van der Waals surface area contributed by atoms with E-state index in [4.69, 9.17) is 10.5 Å². The Balaban J connectivity index is 2.81. The fourth-order valence-corrected chi connectivity index (χ4v) is 1.53. The molecule has 0 aliphatic rings. The van der Waals surface area contributed by atoms with Crippen molar-refractivity contribution in [3.05, 3.63) is 41.7 Å². The van der Waals surface area contributed by atoms with Crippen molar-refractivity contribution in [3.63, 3.8) is 0 Å². The van der Waals surface area contributed by atoms with E-state index in [-0.39, 0.29) is 17.6 Å². The van der Waals surface area contributed by atoms with Crippen molar-refractivity contribution in [2.24, 2.45) is 5.73 Å². The highest BCUT2D eigenvalue weighted by Gasteiger charge is 2.11. The Bertz CT molecular complexity index is 393. The van der Waals surface area contributed by atoms with Crippen molar-refractivity contribution >= 4 is 0 Å². The van der Waals surface area contributed by atoms with E-state index < -0.39 is 0 Å². The largest absolute Gasteiger partial charge is 0.494 e. The Labute approximate surface area is 101 Å². The molecule has 1 rings (SSSR count). The molecule has 0 saturated carbocycles. The van der Waals surface area contributed by atoms with E-state index in [1.54, 1.807) is 6.07 Å². The normalized spacial score (nSPS) is 12.2. The van der Waals surface area contributed by atoms with Gasteiger partial charge in [0, 0.05) is 19.1 Å². The van der Waals surface area contributed by atoms with E-state index in [0.717, 1.165) is 11.1 Å². The number of hydrogen-bond donors (Lipinski definition) is 2. The van der Waals surface area contributed by atoms with Crippen molar-refractivity contribution in [1.29, 1.82) is 0 Å². The van der Waals surface area contributed by atoms with E-state index in [9.17, 15) is 4.39 Å². The maximum Gasteiger partial charge on any atom is 0.165 e. The van der Waals surface area contributed by atoms with Gasteiger partial charge in [-0.1, -0.05) is 18.2 Å². The van der Waals surface area contributed by atoms with Gasteiger partial charge in [0.1, 0.15) is 0 Å². The number of hydrogen-bond acceptors (Lipinski definition) is 3. The third-order valence-electron chi connectivity index (χ3n) is 2.46. The SMILES string of the molecule is C=C(C)CNC(CN)c1ccc(OC)c(F)c1. The van der Waals surface area contributed by atoms with Crippen LogP contribution in [0.4, 0.5) is 4.39 Å². The maximum atomic E-state index is 13.5. The van der Waals surface area contributed by atoms with Crippen LogP contribution < -0.4 is 15.8 Å². The van der Waals surface area contributed by atoms with Crippen molar-refractivity contribution < 1.29 is 9.13 Å². The zero-order valence-electron chi connectivity index (χ0n) is 10.3.